The highest BCUT2D eigenvalue weighted by atomic mass is 16.2. The second kappa shape index (κ2) is 5.50. The van der Waals surface area contributed by atoms with Crippen LogP contribution >= 0.6 is 0 Å². The molecule has 0 aromatic heterocycles. The van der Waals surface area contributed by atoms with E-state index in [4.69, 9.17) is 0 Å². The van der Waals surface area contributed by atoms with Crippen molar-refractivity contribution in [2.24, 2.45) is 0 Å². The summed E-state index contributed by atoms with van der Waals surface area (Å²) in [6.45, 7) is 1.01. The molecule has 1 aliphatic rings. The van der Waals surface area contributed by atoms with Gasteiger partial charge >= 0.3 is 0 Å². The van der Waals surface area contributed by atoms with Gasteiger partial charge in [-0.2, -0.15) is 0 Å². The van der Waals surface area contributed by atoms with E-state index in [9.17, 15) is 4.79 Å². The van der Waals surface area contributed by atoms with Crippen LogP contribution in [-0.2, 0) is 11.2 Å². The first-order valence-electron chi connectivity index (χ1n) is 6.33. The van der Waals surface area contributed by atoms with Crippen LogP contribution < -0.4 is 5.43 Å². The molecular weight excluding hydrogens is 226 g/mol. The van der Waals surface area contributed by atoms with Gasteiger partial charge in [-0.25, -0.2) is 5.01 Å². The molecule has 1 aliphatic heterocycles. The number of rotatable bonds is 3. The van der Waals surface area contributed by atoms with Crippen LogP contribution in [0.25, 0.3) is 0 Å². The molecule has 1 aromatic rings. The first-order valence-corrected chi connectivity index (χ1v) is 6.33. The lowest BCUT2D eigenvalue weighted by Crippen LogP contribution is -2.40. The van der Waals surface area contributed by atoms with Gasteiger partial charge in [0.05, 0.1) is 0 Å². The fourth-order valence-electron chi connectivity index (χ4n) is 2.51. The highest BCUT2D eigenvalue weighted by molar-refractivity contribution is 5.76. The van der Waals surface area contributed by atoms with Crippen LogP contribution in [0.1, 0.15) is 23.6 Å². The van der Waals surface area contributed by atoms with Crippen molar-refractivity contribution in [1.29, 1.82) is 0 Å². The summed E-state index contributed by atoms with van der Waals surface area (Å²) in [4.78, 5) is 14.2. The first-order chi connectivity index (χ1) is 8.58. The Kier molecular flexibility index (Phi) is 3.99. The van der Waals surface area contributed by atoms with E-state index < -0.39 is 0 Å². The monoisotopic (exact) mass is 247 g/mol. The van der Waals surface area contributed by atoms with Gasteiger partial charge < -0.3 is 0 Å². The first kappa shape index (κ1) is 13.1. The molecule has 4 nitrogen and oxygen atoms in total. The number of likely N-dealkylation sites (N-methyl/N-ethyl adjacent to an activating group) is 1. The molecule has 0 radical (unpaired) electrons. The van der Waals surface area contributed by atoms with E-state index in [1.165, 1.54) is 11.1 Å². The number of amides is 1. The van der Waals surface area contributed by atoms with Crippen LogP contribution in [0.15, 0.2) is 24.3 Å². The minimum atomic E-state index is 0.0635. The lowest BCUT2D eigenvalue weighted by atomic mass is 9.91. The fraction of sp³-hybridized carbons (Fsp3) is 0.500. The average molecular weight is 247 g/mol. The molecule has 1 atom stereocenters. The van der Waals surface area contributed by atoms with Gasteiger partial charge in [0.1, 0.15) is 0 Å². The summed E-state index contributed by atoms with van der Waals surface area (Å²) in [5.74, 6) is 0.0635. The summed E-state index contributed by atoms with van der Waals surface area (Å²) in [7, 11) is 5.75. The van der Waals surface area contributed by atoms with Crippen LogP contribution in [0, 0.1) is 0 Å². The second-order valence-electron chi connectivity index (χ2n) is 5.08. The Morgan fingerprint density at radius 2 is 2.17 bits per heavy atom. The molecule has 0 fully saturated rings. The molecule has 1 heterocycles. The topological polar surface area (TPSA) is 35.6 Å². The summed E-state index contributed by atoms with van der Waals surface area (Å²) in [6, 6.07) is 8.61. The van der Waals surface area contributed by atoms with Crippen molar-refractivity contribution in [3.8, 4) is 0 Å². The van der Waals surface area contributed by atoms with Crippen molar-refractivity contribution < 1.29 is 4.79 Å². The summed E-state index contributed by atoms with van der Waals surface area (Å²) in [5.41, 5.74) is 5.47. The number of hydrazine groups is 1. The van der Waals surface area contributed by atoms with E-state index in [0.29, 0.717) is 6.42 Å². The fourth-order valence-corrected chi connectivity index (χ4v) is 2.51. The van der Waals surface area contributed by atoms with Crippen molar-refractivity contribution >= 4 is 5.91 Å². The van der Waals surface area contributed by atoms with E-state index in [2.05, 4.69) is 41.6 Å². The minimum Gasteiger partial charge on any atom is -0.299 e. The van der Waals surface area contributed by atoms with Crippen molar-refractivity contribution in [1.82, 2.24) is 15.3 Å². The zero-order valence-corrected chi connectivity index (χ0v) is 11.3. The Morgan fingerprint density at radius 3 is 2.89 bits per heavy atom. The quantitative estimate of drug-likeness (QED) is 0.815. The molecule has 18 heavy (non-hydrogen) atoms. The summed E-state index contributed by atoms with van der Waals surface area (Å²) in [5, 5.41) is 1.69. The average Bonchev–Trinajstić information content (AvgIpc) is 2.32. The van der Waals surface area contributed by atoms with Gasteiger partial charge in [0.25, 0.3) is 0 Å². The van der Waals surface area contributed by atoms with E-state index in [0.717, 1.165) is 13.0 Å². The maximum atomic E-state index is 11.9. The van der Waals surface area contributed by atoms with Gasteiger partial charge in [-0.05, 0) is 24.6 Å². The normalized spacial score (nSPS) is 19.7. The van der Waals surface area contributed by atoms with Crippen LogP contribution in [0.2, 0.25) is 0 Å². The van der Waals surface area contributed by atoms with Gasteiger partial charge in [-0.1, -0.05) is 24.3 Å². The van der Waals surface area contributed by atoms with E-state index in [-0.39, 0.29) is 11.9 Å². The smallest absolute Gasteiger partial charge is 0.236 e. The van der Waals surface area contributed by atoms with Gasteiger partial charge in [0.2, 0.25) is 5.91 Å². The minimum absolute atomic E-state index is 0.0635. The third-order valence-corrected chi connectivity index (χ3v) is 3.41. The van der Waals surface area contributed by atoms with E-state index in [1.54, 1.807) is 5.01 Å². The molecule has 0 saturated carbocycles. The molecule has 0 saturated heterocycles. The number of hydrogen-bond acceptors (Lipinski definition) is 3. The second-order valence-corrected chi connectivity index (χ2v) is 5.08. The lowest BCUT2D eigenvalue weighted by Gasteiger charge is -2.34. The predicted molar refractivity (Wildman–Crippen MR) is 72.0 cm³/mol. The molecule has 1 N–H and O–H groups in total. The number of hydrogen-bond donors (Lipinski definition) is 1. The Hall–Kier alpha value is -1.39. The molecule has 98 valence electrons. The standard InChI is InChI=1S/C14H21N3O/c1-16(2)15-14(18)10-13-12-7-5-4-6-11(12)8-9-17(13)3/h4-7,13H,8-10H2,1-3H3,(H,15,18). The van der Waals surface area contributed by atoms with Crippen LogP contribution in [0.4, 0.5) is 0 Å². The molecule has 2 rings (SSSR count). The van der Waals surface area contributed by atoms with Crippen molar-refractivity contribution in [2.45, 2.75) is 18.9 Å². The lowest BCUT2D eigenvalue weighted by molar-refractivity contribution is -0.126. The van der Waals surface area contributed by atoms with Gasteiger partial charge in [0, 0.05) is 33.1 Å². The maximum absolute atomic E-state index is 11.9. The Morgan fingerprint density at radius 1 is 1.44 bits per heavy atom. The van der Waals surface area contributed by atoms with Crippen LogP contribution in [0.3, 0.4) is 0 Å². The van der Waals surface area contributed by atoms with Crippen LogP contribution in [-0.4, -0.2) is 43.5 Å². The summed E-state index contributed by atoms with van der Waals surface area (Å²) >= 11 is 0. The molecule has 0 aliphatic carbocycles. The summed E-state index contributed by atoms with van der Waals surface area (Å²) in [6.07, 6.45) is 1.57. The zero-order chi connectivity index (χ0) is 13.1. The molecule has 1 amide bonds. The number of fused-ring (bicyclic) bond motifs is 1. The third-order valence-electron chi connectivity index (χ3n) is 3.41. The van der Waals surface area contributed by atoms with Gasteiger partial charge in [-0.15, -0.1) is 0 Å². The van der Waals surface area contributed by atoms with Crippen molar-refractivity contribution in [3.05, 3.63) is 35.4 Å². The highest BCUT2D eigenvalue weighted by Crippen LogP contribution is 2.30. The van der Waals surface area contributed by atoms with E-state index >= 15 is 0 Å². The third kappa shape index (κ3) is 2.89. The number of nitrogens with one attached hydrogen (secondary N) is 1. The number of carbonyl (C=O) groups is 1. The molecule has 1 aromatic carbocycles. The highest BCUT2D eigenvalue weighted by Gasteiger charge is 2.26. The molecule has 0 bridgehead atoms. The molecule has 1 unspecified atom stereocenters. The SMILES string of the molecule is CN(C)NC(=O)CC1c2ccccc2CCN1C. The Bertz CT molecular complexity index is 431. The molecule has 4 heteroatoms. The Labute approximate surface area is 109 Å². The molecular formula is C14H21N3O. The number of benzene rings is 1. The maximum Gasteiger partial charge on any atom is 0.236 e. The van der Waals surface area contributed by atoms with Crippen molar-refractivity contribution in [2.75, 3.05) is 27.7 Å². The summed E-state index contributed by atoms with van der Waals surface area (Å²) < 4.78 is 0. The number of carbonyl (C=O) groups excluding carboxylic acids is 1. The van der Waals surface area contributed by atoms with Gasteiger partial charge in [-0.3, -0.25) is 15.1 Å². The van der Waals surface area contributed by atoms with Crippen LogP contribution in [0.5, 0.6) is 0 Å². The predicted octanol–water partition coefficient (Wildman–Crippen LogP) is 1.20. The largest absolute Gasteiger partial charge is 0.299 e. The van der Waals surface area contributed by atoms with Gasteiger partial charge in [0.15, 0.2) is 0 Å². The van der Waals surface area contributed by atoms with Crippen molar-refractivity contribution in [3.63, 3.8) is 0 Å². The zero-order valence-electron chi connectivity index (χ0n) is 11.3. The molecule has 0 spiro atoms. The van der Waals surface area contributed by atoms with E-state index in [1.807, 2.05) is 14.1 Å². The Balaban J connectivity index is 2.14. The number of nitrogens with zero attached hydrogens (tertiary/aromatic N) is 2.